The second kappa shape index (κ2) is 5.84. The SMILES string of the molecule is Cc1ccc(CCc2ccc3c(c2)NC(=O)CO3)c(C)c1C. The molecule has 3 heteroatoms. The number of rotatable bonds is 3. The zero-order valence-electron chi connectivity index (χ0n) is 13.3. The summed E-state index contributed by atoms with van der Waals surface area (Å²) >= 11 is 0. The van der Waals surface area contributed by atoms with Crippen molar-refractivity contribution in [2.45, 2.75) is 33.6 Å². The van der Waals surface area contributed by atoms with Crippen LogP contribution in [0.25, 0.3) is 0 Å². The molecule has 1 amide bonds. The molecule has 3 rings (SSSR count). The quantitative estimate of drug-likeness (QED) is 0.937. The van der Waals surface area contributed by atoms with E-state index in [0.29, 0.717) is 0 Å². The molecular weight excluding hydrogens is 274 g/mol. The van der Waals surface area contributed by atoms with Crippen LogP contribution in [0.2, 0.25) is 0 Å². The summed E-state index contributed by atoms with van der Waals surface area (Å²) in [5.41, 5.74) is 7.49. The lowest BCUT2D eigenvalue weighted by Gasteiger charge is -2.18. The Morgan fingerprint density at radius 2 is 1.86 bits per heavy atom. The summed E-state index contributed by atoms with van der Waals surface area (Å²) in [6.07, 6.45) is 1.95. The third-order valence-corrected chi connectivity index (χ3v) is 4.53. The number of amides is 1. The second-order valence-corrected chi connectivity index (χ2v) is 5.96. The molecule has 0 fully saturated rings. The summed E-state index contributed by atoms with van der Waals surface area (Å²) in [6.45, 7) is 6.63. The lowest BCUT2D eigenvalue weighted by molar-refractivity contribution is -0.118. The minimum Gasteiger partial charge on any atom is -0.482 e. The molecule has 114 valence electrons. The van der Waals surface area contributed by atoms with Crippen molar-refractivity contribution in [3.63, 3.8) is 0 Å². The monoisotopic (exact) mass is 295 g/mol. The van der Waals surface area contributed by atoms with E-state index in [9.17, 15) is 4.79 Å². The van der Waals surface area contributed by atoms with Crippen molar-refractivity contribution in [2.75, 3.05) is 11.9 Å². The van der Waals surface area contributed by atoms with E-state index >= 15 is 0 Å². The molecule has 0 spiro atoms. The van der Waals surface area contributed by atoms with Crippen molar-refractivity contribution in [1.82, 2.24) is 0 Å². The van der Waals surface area contributed by atoms with Crippen LogP contribution in [0.15, 0.2) is 30.3 Å². The van der Waals surface area contributed by atoms with Gasteiger partial charge in [-0.05, 0) is 73.6 Å². The van der Waals surface area contributed by atoms with Gasteiger partial charge in [0.05, 0.1) is 5.69 Å². The fraction of sp³-hybridized carbons (Fsp3) is 0.316. The third-order valence-electron chi connectivity index (χ3n) is 4.53. The summed E-state index contributed by atoms with van der Waals surface area (Å²) in [7, 11) is 0. The van der Waals surface area contributed by atoms with Crippen molar-refractivity contribution in [3.05, 3.63) is 58.1 Å². The predicted molar refractivity (Wildman–Crippen MR) is 88.6 cm³/mol. The number of nitrogens with one attached hydrogen (secondary N) is 1. The fourth-order valence-electron chi connectivity index (χ4n) is 2.85. The molecular formula is C19H21NO2. The number of carbonyl (C=O) groups excluding carboxylic acids is 1. The summed E-state index contributed by atoms with van der Waals surface area (Å²) in [6, 6.07) is 10.5. The summed E-state index contributed by atoms with van der Waals surface area (Å²) in [4.78, 5) is 11.4. The van der Waals surface area contributed by atoms with Gasteiger partial charge in [0.15, 0.2) is 6.61 Å². The maximum absolute atomic E-state index is 11.4. The maximum atomic E-state index is 11.4. The van der Waals surface area contributed by atoms with E-state index in [1.807, 2.05) is 12.1 Å². The molecule has 1 aliphatic heterocycles. The fourth-order valence-corrected chi connectivity index (χ4v) is 2.85. The van der Waals surface area contributed by atoms with Gasteiger partial charge in [0.1, 0.15) is 5.75 Å². The van der Waals surface area contributed by atoms with Gasteiger partial charge in [-0.15, -0.1) is 0 Å². The van der Waals surface area contributed by atoms with Gasteiger partial charge in [0.2, 0.25) is 0 Å². The van der Waals surface area contributed by atoms with E-state index in [-0.39, 0.29) is 12.5 Å². The van der Waals surface area contributed by atoms with Gasteiger partial charge in [-0.3, -0.25) is 4.79 Å². The first-order chi connectivity index (χ1) is 10.5. The lowest BCUT2D eigenvalue weighted by atomic mass is 9.94. The van der Waals surface area contributed by atoms with Crippen LogP contribution in [0.3, 0.4) is 0 Å². The number of aryl methyl sites for hydroxylation is 3. The second-order valence-electron chi connectivity index (χ2n) is 5.96. The van der Waals surface area contributed by atoms with E-state index in [1.54, 1.807) is 0 Å². The predicted octanol–water partition coefficient (Wildman–Crippen LogP) is 3.73. The molecule has 2 aromatic carbocycles. The molecule has 0 saturated heterocycles. The van der Waals surface area contributed by atoms with Crippen molar-refractivity contribution in [2.24, 2.45) is 0 Å². The van der Waals surface area contributed by atoms with Gasteiger partial charge in [0.25, 0.3) is 5.91 Å². The Morgan fingerprint density at radius 3 is 2.68 bits per heavy atom. The Kier molecular flexibility index (Phi) is 3.88. The first kappa shape index (κ1) is 14.6. The Balaban J connectivity index is 1.76. The van der Waals surface area contributed by atoms with E-state index in [4.69, 9.17) is 4.74 Å². The van der Waals surface area contributed by atoms with E-state index in [1.165, 1.54) is 27.8 Å². The van der Waals surface area contributed by atoms with Crippen LogP contribution in [0.1, 0.15) is 27.8 Å². The first-order valence-corrected chi connectivity index (χ1v) is 7.66. The van der Waals surface area contributed by atoms with Crippen LogP contribution in [-0.2, 0) is 17.6 Å². The van der Waals surface area contributed by atoms with Crippen LogP contribution in [-0.4, -0.2) is 12.5 Å². The van der Waals surface area contributed by atoms with Crippen LogP contribution in [0, 0.1) is 20.8 Å². The summed E-state index contributed by atoms with van der Waals surface area (Å²) < 4.78 is 5.39. The lowest BCUT2D eigenvalue weighted by Crippen LogP contribution is -2.25. The standard InChI is InChI=1S/C19H21NO2/c1-12-4-7-16(14(3)13(12)2)8-5-15-6-9-18-17(10-15)20-19(21)11-22-18/h4,6-7,9-10H,5,8,11H2,1-3H3,(H,20,21). The Bertz CT molecular complexity index is 734. The van der Waals surface area contributed by atoms with Crippen LogP contribution >= 0.6 is 0 Å². The van der Waals surface area contributed by atoms with Gasteiger partial charge in [0, 0.05) is 0 Å². The van der Waals surface area contributed by atoms with Crippen LogP contribution < -0.4 is 10.1 Å². The number of hydrogen-bond donors (Lipinski definition) is 1. The van der Waals surface area contributed by atoms with Crippen molar-refractivity contribution in [3.8, 4) is 5.75 Å². The van der Waals surface area contributed by atoms with Crippen LogP contribution in [0.5, 0.6) is 5.75 Å². The molecule has 0 radical (unpaired) electrons. The summed E-state index contributed by atoms with van der Waals surface area (Å²) in [5, 5.41) is 2.86. The molecule has 0 atom stereocenters. The Labute approximate surface area is 131 Å². The number of fused-ring (bicyclic) bond motifs is 1. The van der Waals surface area contributed by atoms with Crippen LogP contribution in [0.4, 0.5) is 5.69 Å². The highest BCUT2D eigenvalue weighted by atomic mass is 16.5. The average Bonchev–Trinajstić information content (AvgIpc) is 2.51. The zero-order chi connectivity index (χ0) is 15.7. The minimum absolute atomic E-state index is 0.0883. The molecule has 0 saturated carbocycles. The van der Waals surface area contributed by atoms with E-state index < -0.39 is 0 Å². The highest BCUT2D eigenvalue weighted by molar-refractivity contribution is 5.95. The smallest absolute Gasteiger partial charge is 0.262 e. The van der Waals surface area contributed by atoms with Gasteiger partial charge >= 0.3 is 0 Å². The molecule has 0 aromatic heterocycles. The number of ether oxygens (including phenoxy) is 1. The number of carbonyl (C=O) groups is 1. The van der Waals surface area contributed by atoms with Gasteiger partial charge < -0.3 is 10.1 Å². The molecule has 0 unspecified atom stereocenters. The largest absolute Gasteiger partial charge is 0.482 e. The van der Waals surface area contributed by atoms with E-state index in [2.05, 4.69) is 44.3 Å². The number of anilines is 1. The molecule has 0 bridgehead atoms. The third kappa shape index (κ3) is 2.84. The van der Waals surface area contributed by atoms with Crippen molar-refractivity contribution in [1.29, 1.82) is 0 Å². The first-order valence-electron chi connectivity index (χ1n) is 7.66. The highest BCUT2D eigenvalue weighted by Gasteiger charge is 2.15. The molecule has 22 heavy (non-hydrogen) atoms. The minimum atomic E-state index is -0.0883. The molecule has 3 nitrogen and oxygen atoms in total. The normalized spacial score (nSPS) is 13.3. The van der Waals surface area contributed by atoms with Gasteiger partial charge in [-0.2, -0.15) is 0 Å². The molecule has 2 aromatic rings. The van der Waals surface area contributed by atoms with Gasteiger partial charge in [-0.1, -0.05) is 18.2 Å². The Morgan fingerprint density at radius 1 is 1.05 bits per heavy atom. The van der Waals surface area contributed by atoms with Crippen molar-refractivity contribution >= 4 is 11.6 Å². The topological polar surface area (TPSA) is 38.3 Å². The molecule has 1 aliphatic rings. The number of benzene rings is 2. The van der Waals surface area contributed by atoms with Gasteiger partial charge in [-0.25, -0.2) is 0 Å². The highest BCUT2D eigenvalue weighted by Crippen LogP contribution is 2.29. The molecule has 1 heterocycles. The average molecular weight is 295 g/mol. The van der Waals surface area contributed by atoms with E-state index in [0.717, 1.165) is 24.3 Å². The summed E-state index contributed by atoms with van der Waals surface area (Å²) in [5.74, 6) is 0.667. The molecule has 0 aliphatic carbocycles. The Hall–Kier alpha value is -2.29. The maximum Gasteiger partial charge on any atom is 0.262 e. The molecule has 1 N–H and O–H groups in total. The number of hydrogen-bond acceptors (Lipinski definition) is 2. The van der Waals surface area contributed by atoms with Crippen molar-refractivity contribution < 1.29 is 9.53 Å². The zero-order valence-corrected chi connectivity index (χ0v) is 13.3.